The van der Waals surface area contributed by atoms with Crippen LogP contribution in [0.25, 0.3) is 0 Å². The van der Waals surface area contributed by atoms with E-state index in [1.165, 1.54) is 0 Å². The second kappa shape index (κ2) is 5.28. The van der Waals surface area contributed by atoms with E-state index < -0.39 is 0 Å². The minimum Gasteiger partial charge on any atom is -0.324 e. The summed E-state index contributed by atoms with van der Waals surface area (Å²) in [4.78, 5) is 13.3. The van der Waals surface area contributed by atoms with Crippen molar-refractivity contribution >= 4 is 27.5 Å². The average molecular weight is 271 g/mol. The standard InChI is InChI=1S/C11H15BrN2O/c1-8-4-5-9(12)10(6-8)13-11(15)7-14(2)3/h4-6H,7H2,1-3H3,(H,13,15). The Kier molecular flexibility index (Phi) is 4.29. The molecule has 0 spiro atoms. The van der Waals surface area contributed by atoms with Crippen molar-refractivity contribution in [1.82, 2.24) is 4.90 Å². The van der Waals surface area contributed by atoms with E-state index >= 15 is 0 Å². The van der Waals surface area contributed by atoms with Gasteiger partial charge in [0.1, 0.15) is 0 Å². The highest BCUT2D eigenvalue weighted by Gasteiger charge is 2.06. The highest BCUT2D eigenvalue weighted by atomic mass is 79.9. The molecule has 1 amide bonds. The fourth-order valence-electron chi connectivity index (χ4n) is 1.21. The third-order valence-electron chi connectivity index (χ3n) is 1.86. The van der Waals surface area contributed by atoms with E-state index in [1.807, 2.05) is 44.1 Å². The number of amides is 1. The van der Waals surface area contributed by atoms with Crippen LogP contribution in [0.4, 0.5) is 5.69 Å². The summed E-state index contributed by atoms with van der Waals surface area (Å²) in [7, 11) is 3.73. The molecule has 1 aromatic carbocycles. The van der Waals surface area contributed by atoms with Crippen LogP contribution in [0, 0.1) is 6.92 Å². The smallest absolute Gasteiger partial charge is 0.238 e. The number of rotatable bonds is 3. The van der Waals surface area contributed by atoms with Gasteiger partial charge in [-0.05, 0) is 54.6 Å². The van der Waals surface area contributed by atoms with Crippen LogP contribution < -0.4 is 5.32 Å². The minimum atomic E-state index is -0.00806. The van der Waals surface area contributed by atoms with Crippen LogP contribution in [-0.2, 0) is 4.79 Å². The lowest BCUT2D eigenvalue weighted by Gasteiger charge is -2.11. The number of carbonyl (C=O) groups excluding carboxylic acids is 1. The molecule has 0 saturated carbocycles. The highest BCUT2D eigenvalue weighted by Crippen LogP contribution is 2.23. The molecule has 0 fully saturated rings. The molecule has 0 aromatic heterocycles. The molecular weight excluding hydrogens is 256 g/mol. The number of carbonyl (C=O) groups is 1. The van der Waals surface area contributed by atoms with Crippen LogP contribution in [0.5, 0.6) is 0 Å². The molecule has 82 valence electrons. The highest BCUT2D eigenvalue weighted by molar-refractivity contribution is 9.10. The first-order chi connectivity index (χ1) is 6.99. The molecule has 0 radical (unpaired) electrons. The van der Waals surface area contributed by atoms with Gasteiger partial charge < -0.3 is 10.2 Å². The summed E-state index contributed by atoms with van der Waals surface area (Å²) in [6.45, 7) is 2.38. The molecule has 4 heteroatoms. The van der Waals surface area contributed by atoms with Crippen molar-refractivity contribution in [3.8, 4) is 0 Å². The maximum atomic E-state index is 11.5. The van der Waals surface area contributed by atoms with Gasteiger partial charge in [0.25, 0.3) is 0 Å². The number of nitrogens with zero attached hydrogens (tertiary/aromatic N) is 1. The van der Waals surface area contributed by atoms with Crippen LogP contribution >= 0.6 is 15.9 Å². The van der Waals surface area contributed by atoms with Gasteiger partial charge >= 0.3 is 0 Å². The van der Waals surface area contributed by atoms with E-state index in [4.69, 9.17) is 0 Å². The molecule has 0 heterocycles. The zero-order chi connectivity index (χ0) is 11.4. The molecular formula is C11H15BrN2O. The van der Waals surface area contributed by atoms with Crippen molar-refractivity contribution in [1.29, 1.82) is 0 Å². The fourth-order valence-corrected chi connectivity index (χ4v) is 1.56. The fraction of sp³-hybridized carbons (Fsp3) is 0.364. The third-order valence-corrected chi connectivity index (χ3v) is 2.55. The maximum Gasteiger partial charge on any atom is 0.238 e. The number of benzene rings is 1. The number of anilines is 1. The van der Waals surface area contributed by atoms with E-state index in [9.17, 15) is 4.79 Å². The quantitative estimate of drug-likeness (QED) is 0.914. The summed E-state index contributed by atoms with van der Waals surface area (Å²) in [5.74, 6) is -0.00806. The number of hydrogen-bond donors (Lipinski definition) is 1. The van der Waals surface area contributed by atoms with E-state index in [2.05, 4.69) is 21.2 Å². The predicted octanol–water partition coefficient (Wildman–Crippen LogP) is 2.26. The van der Waals surface area contributed by atoms with Gasteiger partial charge in [-0.15, -0.1) is 0 Å². The van der Waals surface area contributed by atoms with Crippen LogP contribution in [0.1, 0.15) is 5.56 Å². The minimum absolute atomic E-state index is 0.00806. The van der Waals surface area contributed by atoms with Crippen molar-refractivity contribution in [2.75, 3.05) is 26.0 Å². The molecule has 0 atom stereocenters. The molecule has 0 aliphatic carbocycles. The van der Waals surface area contributed by atoms with E-state index in [-0.39, 0.29) is 5.91 Å². The summed E-state index contributed by atoms with van der Waals surface area (Å²) in [6, 6.07) is 5.87. The molecule has 1 aromatic rings. The second-order valence-corrected chi connectivity index (χ2v) is 4.62. The average Bonchev–Trinajstić information content (AvgIpc) is 2.10. The maximum absolute atomic E-state index is 11.5. The zero-order valence-corrected chi connectivity index (χ0v) is 10.8. The number of hydrogen-bond acceptors (Lipinski definition) is 2. The Hall–Kier alpha value is -0.870. The normalized spacial score (nSPS) is 10.5. The van der Waals surface area contributed by atoms with E-state index in [0.29, 0.717) is 6.54 Å². The lowest BCUT2D eigenvalue weighted by atomic mass is 10.2. The Morgan fingerprint density at radius 3 is 2.73 bits per heavy atom. The Morgan fingerprint density at radius 2 is 2.13 bits per heavy atom. The molecule has 1 N–H and O–H groups in total. The monoisotopic (exact) mass is 270 g/mol. The number of aryl methyl sites for hydroxylation is 1. The van der Waals surface area contributed by atoms with Gasteiger partial charge in [-0.1, -0.05) is 6.07 Å². The topological polar surface area (TPSA) is 32.3 Å². The predicted molar refractivity (Wildman–Crippen MR) is 66.1 cm³/mol. The molecule has 0 saturated heterocycles. The second-order valence-electron chi connectivity index (χ2n) is 3.77. The molecule has 0 bridgehead atoms. The van der Waals surface area contributed by atoms with Gasteiger partial charge in [-0.2, -0.15) is 0 Å². The summed E-state index contributed by atoms with van der Waals surface area (Å²) in [5, 5.41) is 2.85. The Bertz CT molecular complexity index is 364. The molecule has 3 nitrogen and oxygen atoms in total. The molecule has 15 heavy (non-hydrogen) atoms. The largest absolute Gasteiger partial charge is 0.324 e. The van der Waals surface area contributed by atoms with E-state index in [1.54, 1.807) is 0 Å². The van der Waals surface area contributed by atoms with Gasteiger partial charge in [0, 0.05) is 4.47 Å². The number of halogens is 1. The summed E-state index contributed by atoms with van der Waals surface area (Å²) in [5.41, 5.74) is 1.94. The Balaban J connectivity index is 2.71. The van der Waals surface area contributed by atoms with Crippen LogP contribution in [0.15, 0.2) is 22.7 Å². The van der Waals surface area contributed by atoms with Crippen LogP contribution in [-0.4, -0.2) is 31.4 Å². The van der Waals surface area contributed by atoms with Gasteiger partial charge in [-0.25, -0.2) is 0 Å². The van der Waals surface area contributed by atoms with Gasteiger partial charge in [0.15, 0.2) is 0 Å². The lowest BCUT2D eigenvalue weighted by molar-refractivity contribution is -0.116. The Labute approximate surface area is 98.6 Å². The van der Waals surface area contributed by atoms with Crippen molar-refractivity contribution < 1.29 is 4.79 Å². The van der Waals surface area contributed by atoms with Crippen molar-refractivity contribution in [3.63, 3.8) is 0 Å². The molecule has 0 unspecified atom stereocenters. The van der Waals surface area contributed by atoms with Crippen LogP contribution in [0.2, 0.25) is 0 Å². The van der Waals surface area contributed by atoms with Crippen molar-refractivity contribution in [2.45, 2.75) is 6.92 Å². The first-order valence-corrected chi connectivity index (χ1v) is 5.49. The summed E-state index contributed by atoms with van der Waals surface area (Å²) in [6.07, 6.45) is 0. The molecule has 0 aliphatic heterocycles. The van der Waals surface area contributed by atoms with Crippen molar-refractivity contribution in [3.05, 3.63) is 28.2 Å². The Morgan fingerprint density at radius 1 is 1.47 bits per heavy atom. The third kappa shape index (κ3) is 4.01. The number of nitrogens with one attached hydrogen (secondary N) is 1. The van der Waals surface area contributed by atoms with Gasteiger partial charge in [0.05, 0.1) is 12.2 Å². The molecule has 0 aliphatic rings. The first-order valence-electron chi connectivity index (χ1n) is 4.70. The van der Waals surface area contributed by atoms with Crippen molar-refractivity contribution in [2.24, 2.45) is 0 Å². The van der Waals surface area contributed by atoms with Gasteiger partial charge in [0.2, 0.25) is 5.91 Å². The zero-order valence-electron chi connectivity index (χ0n) is 9.17. The summed E-state index contributed by atoms with van der Waals surface area (Å²) < 4.78 is 0.903. The van der Waals surface area contributed by atoms with Crippen LogP contribution in [0.3, 0.4) is 0 Å². The lowest BCUT2D eigenvalue weighted by Crippen LogP contribution is -2.27. The first kappa shape index (κ1) is 12.2. The molecule has 1 rings (SSSR count). The van der Waals surface area contributed by atoms with E-state index in [0.717, 1.165) is 15.7 Å². The van der Waals surface area contributed by atoms with Gasteiger partial charge in [-0.3, -0.25) is 4.79 Å². The number of likely N-dealkylation sites (N-methyl/N-ethyl adjacent to an activating group) is 1. The SMILES string of the molecule is Cc1ccc(Br)c(NC(=O)CN(C)C)c1. The summed E-state index contributed by atoms with van der Waals surface area (Å²) >= 11 is 3.40.